The first-order valence-electron chi connectivity index (χ1n) is 12.4. The van der Waals surface area contributed by atoms with Crippen LogP contribution in [0.2, 0.25) is 0 Å². The van der Waals surface area contributed by atoms with Crippen LogP contribution in [0.4, 0.5) is 11.6 Å². The number of hydrogen-bond acceptors (Lipinski definition) is 6. The first kappa shape index (κ1) is 26.0. The molecule has 5 aromatic rings. The summed E-state index contributed by atoms with van der Waals surface area (Å²) < 4.78 is 1.83. The van der Waals surface area contributed by atoms with Crippen LogP contribution in [0, 0.1) is 0 Å². The van der Waals surface area contributed by atoms with Gasteiger partial charge in [0, 0.05) is 42.1 Å². The van der Waals surface area contributed by atoms with E-state index in [1.54, 1.807) is 49.6 Å². The second-order valence-electron chi connectivity index (χ2n) is 8.85. The van der Waals surface area contributed by atoms with Gasteiger partial charge in [-0.2, -0.15) is 0 Å². The highest BCUT2D eigenvalue weighted by Gasteiger charge is 2.20. The molecule has 5 rings (SSSR count). The van der Waals surface area contributed by atoms with Crippen molar-refractivity contribution < 1.29 is 19.7 Å². The summed E-state index contributed by atoms with van der Waals surface area (Å²) in [6.07, 6.45) is 3.70. The summed E-state index contributed by atoms with van der Waals surface area (Å²) in [7, 11) is 3.42. The van der Waals surface area contributed by atoms with E-state index in [4.69, 9.17) is 0 Å². The largest absolute Gasteiger partial charge is 0.312 e. The van der Waals surface area contributed by atoms with Crippen molar-refractivity contribution in [3.63, 3.8) is 0 Å². The molecule has 3 heterocycles. The van der Waals surface area contributed by atoms with Gasteiger partial charge in [-0.1, -0.05) is 18.2 Å². The third-order valence-corrected chi connectivity index (χ3v) is 7.50. The number of quaternary nitrogens is 1. The zero-order valence-corrected chi connectivity index (χ0v) is 22.3. The molecule has 0 aliphatic carbocycles. The number of amides is 3. The van der Waals surface area contributed by atoms with E-state index < -0.39 is 0 Å². The molecule has 0 spiro atoms. The zero-order chi connectivity index (χ0) is 27.4. The summed E-state index contributed by atoms with van der Waals surface area (Å²) in [4.78, 5) is 50.0. The fourth-order valence-corrected chi connectivity index (χ4v) is 5.11. The fourth-order valence-electron chi connectivity index (χ4n) is 4.20. The normalized spacial score (nSPS) is 10.9. The van der Waals surface area contributed by atoms with Gasteiger partial charge in [0.2, 0.25) is 5.95 Å². The number of benzene rings is 2. The number of anilines is 2. The van der Waals surface area contributed by atoms with Crippen LogP contribution in [-0.4, -0.2) is 46.4 Å². The van der Waals surface area contributed by atoms with E-state index in [2.05, 4.69) is 15.3 Å². The van der Waals surface area contributed by atoms with Crippen LogP contribution in [0.5, 0.6) is 0 Å². The highest BCUT2D eigenvalue weighted by Crippen LogP contribution is 2.29. The molecule has 0 radical (unpaired) electrons. The van der Waals surface area contributed by atoms with Crippen LogP contribution in [-0.2, 0) is 11.3 Å². The second kappa shape index (κ2) is 11.4. The van der Waals surface area contributed by atoms with Crippen LogP contribution in [0.25, 0.3) is 21.5 Å². The molecule has 0 atom stereocenters. The molecule has 39 heavy (non-hydrogen) atoms. The molecule has 9 nitrogen and oxygen atoms in total. The molecule has 10 heteroatoms. The van der Waals surface area contributed by atoms with E-state index in [1.807, 2.05) is 59.2 Å². The summed E-state index contributed by atoms with van der Waals surface area (Å²) in [6, 6.07) is 22.0. The number of nitrogens with two attached hydrogens (primary N) is 1. The highest BCUT2D eigenvalue weighted by atomic mass is 32.1. The quantitative estimate of drug-likeness (QED) is 0.311. The third kappa shape index (κ3) is 5.62. The Bertz CT molecular complexity index is 1650. The topological polar surface area (TPSA) is 114 Å². The number of fused-ring (bicyclic) bond motifs is 1. The van der Waals surface area contributed by atoms with Crippen LogP contribution in [0.15, 0.2) is 85.2 Å². The maximum absolute atomic E-state index is 13.2. The molecule has 0 bridgehead atoms. The predicted molar refractivity (Wildman–Crippen MR) is 152 cm³/mol. The van der Waals surface area contributed by atoms with Gasteiger partial charge in [-0.3, -0.25) is 25.2 Å². The number of rotatable bonds is 8. The lowest BCUT2D eigenvalue weighted by Crippen LogP contribution is -2.84. The van der Waals surface area contributed by atoms with Crippen LogP contribution >= 0.6 is 11.3 Å². The van der Waals surface area contributed by atoms with Crippen molar-refractivity contribution in [3.05, 3.63) is 95.6 Å². The summed E-state index contributed by atoms with van der Waals surface area (Å²) in [6.45, 7) is 0.347. The first-order chi connectivity index (χ1) is 18.9. The molecule has 0 saturated carbocycles. The lowest BCUT2D eigenvalue weighted by atomic mass is 10.2. The maximum Gasteiger partial charge on any atom is 0.312 e. The Hall–Kier alpha value is -4.67. The lowest BCUT2D eigenvalue weighted by Gasteiger charge is -2.17. The summed E-state index contributed by atoms with van der Waals surface area (Å²) >= 11 is 1.38. The number of nitrogens with zero attached hydrogens (tertiary/aromatic N) is 4. The van der Waals surface area contributed by atoms with Crippen molar-refractivity contribution >= 4 is 51.7 Å². The number of aryl methyl sites for hydroxylation is 1. The molecule has 0 saturated heterocycles. The Morgan fingerprint density at radius 1 is 1.00 bits per heavy atom. The summed E-state index contributed by atoms with van der Waals surface area (Å²) in [5, 5.41) is 4.46. The number of imidazole rings is 1. The average Bonchev–Trinajstić information content (AvgIpc) is 3.61. The Morgan fingerprint density at radius 2 is 1.77 bits per heavy atom. The van der Waals surface area contributed by atoms with E-state index in [1.165, 1.54) is 16.7 Å². The van der Waals surface area contributed by atoms with E-state index in [0.717, 1.165) is 16.0 Å². The summed E-state index contributed by atoms with van der Waals surface area (Å²) in [5.74, 6) is -0.0948. The molecule has 196 valence electrons. The molecule has 3 aromatic heterocycles. The molecular formula is C29H27N6O3S+. The minimum atomic E-state index is -0.290. The number of nitrogens with one attached hydrogen (secondary N) is 1. The Kier molecular flexibility index (Phi) is 7.57. The molecule has 3 N–H and O–H groups in total. The fraction of sp³-hybridized carbons (Fsp3) is 0.138. The number of hydrogen-bond donors (Lipinski definition) is 2. The number of aromatic nitrogens is 3. The smallest absolute Gasteiger partial charge is 0.311 e. The Balaban J connectivity index is 1.44. The maximum atomic E-state index is 13.2. The SMILES string of the molecule is C[NH2+]C(=O)CCn1c(NC(=O)c2ccc(-c3ccncc3)s2)nc2cc(N(C)C(=O)c3ccccc3)ccc21. The van der Waals surface area contributed by atoms with Crippen molar-refractivity contribution in [1.82, 2.24) is 14.5 Å². The second-order valence-corrected chi connectivity index (χ2v) is 9.93. The standard InChI is InChI=1S/C29H26N6O3S/c1-30-26(36)14-17-35-23-9-8-21(34(2)28(38)20-6-4-3-5-7-20)18-22(23)32-29(35)33-27(37)25-11-10-24(39-25)19-12-15-31-16-13-19/h3-13,15-16,18H,14,17H2,1-2H3,(H,30,36)(H,32,33,37)/p+1. The number of pyridine rings is 1. The molecule has 0 unspecified atom stereocenters. The van der Waals surface area contributed by atoms with Crippen molar-refractivity contribution in [1.29, 1.82) is 0 Å². The van der Waals surface area contributed by atoms with Gasteiger partial charge in [-0.25, -0.2) is 9.78 Å². The average molecular weight is 540 g/mol. The van der Waals surface area contributed by atoms with Gasteiger partial charge in [0.25, 0.3) is 11.8 Å². The van der Waals surface area contributed by atoms with E-state index in [-0.39, 0.29) is 24.1 Å². The van der Waals surface area contributed by atoms with Gasteiger partial charge < -0.3 is 9.47 Å². The first-order valence-corrected chi connectivity index (χ1v) is 13.2. The monoisotopic (exact) mass is 539 g/mol. The van der Waals surface area contributed by atoms with Gasteiger partial charge in [0.05, 0.1) is 29.4 Å². The molecule has 0 fully saturated rings. The number of carbonyl (C=O) groups excluding carboxylic acids is 3. The van der Waals surface area contributed by atoms with Crippen molar-refractivity contribution in [2.75, 3.05) is 24.3 Å². The number of thiophene rings is 1. The molecule has 3 amide bonds. The minimum Gasteiger partial charge on any atom is -0.311 e. The van der Waals surface area contributed by atoms with E-state index in [9.17, 15) is 14.4 Å². The van der Waals surface area contributed by atoms with Gasteiger partial charge in [0.1, 0.15) is 0 Å². The lowest BCUT2D eigenvalue weighted by molar-refractivity contribution is -0.539. The zero-order valence-electron chi connectivity index (χ0n) is 21.5. The van der Waals surface area contributed by atoms with Crippen LogP contribution in [0.1, 0.15) is 26.5 Å². The molecule has 0 aliphatic rings. The Morgan fingerprint density at radius 3 is 2.51 bits per heavy atom. The van der Waals surface area contributed by atoms with Gasteiger partial charge in [-0.05, 0) is 60.2 Å². The van der Waals surface area contributed by atoms with E-state index >= 15 is 0 Å². The van der Waals surface area contributed by atoms with E-state index in [0.29, 0.717) is 34.1 Å². The van der Waals surface area contributed by atoms with Gasteiger partial charge in [-0.15, -0.1) is 11.3 Å². The highest BCUT2D eigenvalue weighted by molar-refractivity contribution is 7.17. The van der Waals surface area contributed by atoms with Crippen molar-refractivity contribution in [2.24, 2.45) is 0 Å². The predicted octanol–water partition coefficient (Wildman–Crippen LogP) is 3.80. The summed E-state index contributed by atoms with van der Waals surface area (Å²) in [5.41, 5.74) is 3.58. The van der Waals surface area contributed by atoms with Crippen molar-refractivity contribution in [2.45, 2.75) is 13.0 Å². The number of carbonyl (C=O) groups is 3. The molecule has 2 aromatic carbocycles. The minimum absolute atomic E-state index is 0.000752. The number of primary amides is 1. The van der Waals surface area contributed by atoms with Crippen LogP contribution in [0.3, 0.4) is 0 Å². The van der Waals surface area contributed by atoms with Gasteiger partial charge in [0.15, 0.2) is 0 Å². The Labute approximate surface area is 229 Å². The van der Waals surface area contributed by atoms with Crippen LogP contribution < -0.4 is 15.5 Å². The third-order valence-electron chi connectivity index (χ3n) is 6.37. The molecule has 0 aliphatic heterocycles. The van der Waals surface area contributed by atoms with Gasteiger partial charge >= 0.3 is 5.91 Å². The molecular weight excluding hydrogens is 512 g/mol. The van der Waals surface area contributed by atoms with Crippen molar-refractivity contribution in [3.8, 4) is 10.4 Å².